The van der Waals surface area contributed by atoms with E-state index in [1.807, 2.05) is 6.07 Å². The highest BCUT2D eigenvalue weighted by atomic mass is 79.9. The number of benzene rings is 2. The standard InChI is InChI=1S/C22H19BrN2O5S/c1-4-8-30-19-16(23)9-13(10-17(19)29-3)11-18-20(26)25(2)22(31-18)24-15-7-5-6-14(12-15)21(27)28/h4-7,9-12H,1,8H2,2-3H3,(H,27,28)/b18-11-,24-22?. The summed E-state index contributed by atoms with van der Waals surface area (Å²) < 4.78 is 11.7. The molecule has 160 valence electrons. The highest BCUT2D eigenvalue weighted by molar-refractivity contribution is 9.10. The average molecular weight is 503 g/mol. The molecule has 0 saturated carbocycles. The van der Waals surface area contributed by atoms with Crippen LogP contribution in [0.2, 0.25) is 0 Å². The van der Waals surface area contributed by atoms with Crippen LogP contribution in [-0.2, 0) is 4.79 Å². The lowest BCUT2D eigenvalue weighted by Crippen LogP contribution is -2.23. The number of hydrogen-bond donors (Lipinski definition) is 1. The lowest BCUT2D eigenvalue weighted by Gasteiger charge is -2.12. The van der Waals surface area contributed by atoms with Crippen molar-refractivity contribution in [3.05, 3.63) is 69.6 Å². The molecular formula is C22H19BrN2O5S. The van der Waals surface area contributed by atoms with Crippen LogP contribution in [0.5, 0.6) is 11.5 Å². The lowest BCUT2D eigenvalue weighted by molar-refractivity contribution is -0.121. The van der Waals surface area contributed by atoms with E-state index in [4.69, 9.17) is 14.6 Å². The van der Waals surface area contributed by atoms with Gasteiger partial charge in [-0.3, -0.25) is 9.69 Å². The van der Waals surface area contributed by atoms with Gasteiger partial charge in [0.15, 0.2) is 16.7 Å². The molecule has 0 unspecified atom stereocenters. The summed E-state index contributed by atoms with van der Waals surface area (Å²) >= 11 is 4.69. The van der Waals surface area contributed by atoms with Crippen LogP contribution >= 0.6 is 27.7 Å². The van der Waals surface area contributed by atoms with E-state index in [0.29, 0.717) is 38.3 Å². The summed E-state index contributed by atoms with van der Waals surface area (Å²) in [6, 6.07) is 9.84. The molecule has 1 amide bonds. The van der Waals surface area contributed by atoms with E-state index < -0.39 is 5.97 Å². The Labute approximate surface area is 192 Å². The molecule has 1 saturated heterocycles. The van der Waals surface area contributed by atoms with Gasteiger partial charge >= 0.3 is 5.97 Å². The number of carboxylic acid groups (broad SMARTS) is 1. The minimum Gasteiger partial charge on any atom is -0.493 e. The predicted octanol–water partition coefficient (Wildman–Crippen LogP) is 4.95. The Morgan fingerprint density at radius 3 is 2.81 bits per heavy atom. The van der Waals surface area contributed by atoms with Gasteiger partial charge in [0.2, 0.25) is 0 Å². The first kappa shape index (κ1) is 22.6. The molecule has 0 spiro atoms. The number of carbonyl (C=O) groups is 2. The van der Waals surface area contributed by atoms with E-state index >= 15 is 0 Å². The zero-order valence-corrected chi connectivity index (χ0v) is 19.2. The molecule has 2 aromatic rings. The van der Waals surface area contributed by atoms with Crippen LogP contribution in [0.25, 0.3) is 6.08 Å². The molecule has 0 atom stereocenters. The molecule has 0 bridgehead atoms. The molecule has 0 aromatic heterocycles. The smallest absolute Gasteiger partial charge is 0.335 e. The van der Waals surface area contributed by atoms with Crippen LogP contribution in [0.4, 0.5) is 5.69 Å². The van der Waals surface area contributed by atoms with E-state index in [1.54, 1.807) is 44.5 Å². The maximum absolute atomic E-state index is 12.7. The third-order valence-electron chi connectivity index (χ3n) is 4.22. The van der Waals surface area contributed by atoms with Crippen molar-refractivity contribution < 1.29 is 24.2 Å². The molecule has 1 N–H and O–H groups in total. The number of ether oxygens (including phenoxy) is 2. The van der Waals surface area contributed by atoms with E-state index in [9.17, 15) is 9.59 Å². The summed E-state index contributed by atoms with van der Waals surface area (Å²) in [4.78, 5) is 30.2. The molecule has 2 aromatic carbocycles. The van der Waals surface area contributed by atoms with Gasteiger partial charge in [-0.05, 0) is 69.7 Å². The van der Waals surface area contributed by atoms with Crippen molar-refractivity contribution >= 4 is 56.5 Å². The van der Waals surface area contributed by atoms with E-state index in [1.165, 1.54) is 28.8 Å². The second-order valence-corrected chi connectivity index (χ2v) is 8.22. The second kappa shape index (κ2) is 9.84. The number of amides is 1. The number of carboxylic acids is 1. The summed E-state index contributed by atoms with van der Waals surface area (Å²) in [7, 11) is 3.16. The van der Waals surface area contributed by atoms with E-state index in [-0.39, 0.29) is 11.5 Å². The van der Waals surface area contributed by atoms with E-state index in [2.05, 4.69) is 27.5 Å². The summed E-state index contributed by atoms with van der Waals surface area (Å²) in [5.41, 5.74) is 1.33. The number of nitrogens with zero attached hydrogens (tertiary/aromatic N) is 2. The monoisotopic (exact) mass is 502 g/mol. The summed E-state index contributed by atoms with van der Waals surface area (Å²) in [6.07, 6.45) is 3.38. The second-order valence-electron chi connectivity index (χ2n) is 6.36. The molecule has 1 aliphatic heterocycles. The number of likely N-dealkylation sites (N-methyl/N-ethyl adjacent to an activating group) is 1. The Morgan fingerprint density at radius 2 is 2.13 bits per heavy atom. The summed E-state index contributed by atoms with van der Waals surface area (Å²) in [5.74, 6) is -0.176. The van der Waals surface area contributed by atoms with Crippen molar-refractivity contribution in [2.45, 2.75) is 0 Å². The minimum absolute atomic E-state index is 0.130. The van der Waals surface area contributed by atoms with Crippen molar-refractivity contribution in [3.63, 3.8) is 0 Å². The number of rotatable bonds is 7. The van der Waals surface area contributed by atoms with Gasteiger partial charge in [-0.25, -0.2) is 9.79 Å². The van der Waals surface area contributed by atoms with Crippen molar-refractivity contribution in [3.8, 4) is 11.5 Å². The first-order chi connectivity index (χ1) is 14.8. The molecule has 31 heavy (non-hydrogen) atoms. The van der Waals surface area contributed by atoms with E-state index in [0.717, 1.165) is 5.56 Å². The average Bonchev–Trinajstić information content (AvgIpc) is 3.00. The number of aromatic carboxylic acids is 1. The van der Waals surface area contributed by atoms with Crippen LogP contribution in [0.1, 0.15) is 15.9 Å². The fourth-order valence-corrected chi connectivity index (χ4v) is 4.29. The Morgan fingerprint density at radius 1 is 1.35 bits per heavy atom. The van der Waals surface area contributed by atoms with Gasteiger partial charge in [0.05, 0.1) is 27.7 Å². The SMILES string of the molecule is C=CCOc1c(Br)cc(/C=C2\SC(=Nc3cccc(C(=O)O)c3)N(C)C2=O)cc1OC. The molecule has 1 aliphatic rings. The topological polar surface area (TPSA) is 88.4 Å². The number of amidine groups is 1. The number of hydrogen-bond acceptors (Lipinski definition) is 6. The van der Waals surface area contributed by atoms with Gasteiger partial charge in [-0.2, -0.15) is 0 Å². The van der Waals surface area contributed by atoms with Crippen LogP contribution in [0, 0.1) is 0 Å². The maximum Gasteiger partial charge on any atom is 0.335 e. The van der Waals surface area contributed by atoms with Gasteiger partial charge in [0, 0.05) is 7.05 Å². The highest BCUT2D eigenvalue weighted by Crippen LogP contribution is 2.39. The molecular weight excluding hydrogens is 484 g/mol. The van der Waals surface area contributed by atoms with Crippen molar-refractivity contribution in [2.75, 3.05) is 20.8 Å². The minimum atomic E-state index is -1.04. The van der Waals surface area contributed by atoms with Crippen LogP contribution in [0.3, 0.4) is 0 Å². The molecule has 1 fully saturated rings. The van der Waals surface area contributed by atoms with Crippen LogP contribution in [-0.4, -0.2) is 47.8 Å². The van der Waals surface area contributed by atoms with Crippen molar-refractivity contribution in [1.82, 2.24) is 4.90 Å². The third kappa shape index (κ3) is 5.18. The van der Waals surface area contributed by atoms with Gasteiger partial charge in [0.25, 0.3) is 5.91 Å². The highest BCUT2D eigenvalue weighted by Gasteiger charge is 2.30. The number of halogens is 1. The lowest BCUT2D eigenvalue weighted by atomic mass is 10.2. The van der Waals surface area contributed by atoms with Crippen molar-refractivity contribution in [1.29, 1.82) is 0 Å². The molecule has 0 aliphatic carbocycles. The predicted molar refractivity (Wildman–Crippen MR) is 125 cm³/mol. The number of carbonyl (C=O) groups excluding carboxylic acids is 1. The number of methoxy groups -OCH3 is 1. The molecule has 1 heterocycles. The first-order valence-corrected chi connectivity index (χ1v) is 10.7. The molecule has 3 rings (SSSR count). The Bertz CT molecular complexity index is 1110. The van der Waals surface area contributed by atoms with Crippen LogP contribution < -0.4 is 9.47 Å². The fraction of sp³-hybridized carbons (Fsp3) is 0.136. The quantitative estimate of drug-likeness (QED) is 0.425. The van der Waals surface area contributed by atoms with Gasteiger partial charge in [0.1, 0.15) is 6.61 Å². The maximum atomic E-state index is 12.7. The van der Waals surface area contributed by atoms with Gasteiger partial charge in [-0.1, -0.05) is 18.7 Å². The molecule has 0 radical (unpaired) electrons. The van der Waals surface area contributed by atoms with Crippen LogP contribution in [0.15, 0.2) is 63.4 Å². The Hall–Kier alpha value is -3.04. The molecule has 9 heteroatoms. The zero-order valence-electron chi connectivity index (χ0n) is 16.8. The Balaban J connectivity index is 1.91. The van der Waals surface area contributed by atoms with Gasteiger partial charge < -0.3 is 14.6 Å². The number of thioether (sulfide) groups is 1. The summed E-state index contributed by atoms with van der Waals surface area (Å²) in [5, 5.41) is 9.60. The summed E-state index contributed by atoms with van der Waals surface area (Å²) in [6.45, 7) is 3.97. The largest absolute Gasteiger partial charge is 0.493 e. The normalized spacial score (nSPS) is 16.1. The zero-order chi connectivity index (χ0) is 22.5. The number of aliphatic imine (C=N–C) groups is 1. The first-order valence-electron chi connectivity index (χ1n) is 9.05. The third-order valence-corrected chi connectivity index (χ3v) is 5.87. The Kier molecular flexibility index (Phi) is 7.19. The molecule has 7 nitrogen and oxygen atoms in total. The fourth-order valence-electron chi connectivity index (χ4n) is 2.73. The van der Waals surface area contributed by atoms with Gasteiger partial charge in [-0.15, -0.1) is 0 Å². The van der Waals surface area contributed by atoms with Crippen molar-refractivity contribution in [2.24, 2.45) is 4.99 Å².